The SMILES string of the molecule is COc1cc(C(=O)c2c(-c3c[nH][n+](CC(C)C)c3)oc3c(O)c(C)ccc23)cc(C)c1C. The zero-order chi connectivity index (χ0) is 23.2. The molecular weight excluding hydrogens is 404 g/mol. The van der Waals surface area contributed by atoms with E-state index in [0.29, 0.717) is 45.1 Å². The molecule has 4 aromatic rings. The first-order chi connectivity index (χ1) is 15.2. The van der Waals surface area contributed by atoms with E-state index < -0.39 is 0 Å². The molecule has 0 aliphatic heterocycles. The number of phenolic OH excluding ortho intramolecular Hbond substituents is 1. The van der Waals surface area contributed by atoms with Crippen molar-refractivity contribution in [1.29, 1.82) is 0 Å². The van der Waals surface area contributed by atoms with Gasteiger partial charge >= 0.3 is 0 Å². The number of aromatic amines is 1. The summed E-state index contributed by atoms with van der Waals surface area (Å²) in [7, 11) is 1.60. The maximum Gasteiger partial charge on any atom is 0.206 e. The summed E-state index contributed by atoms with van der Waals surface area (Å²) in [5, 5.41) is 14.4. The van der Waals surface area contributed by atoms with Crippen LogP contribution in [0, 0.1) is 26.7 Å². The number of ketones is 1. The highest BCUT2D eigenvalue weighted by molar-refractivity contribution is 6.20. The number of nitrogens with zero attached hydrogens (tertiary/aromatic N) is 1. The highest BCUT2D eigenvalue weighted by atomic mass is 16.5. The smallest absolute Gasteiger partial charge is 0.206 e. The second-order valence-corrected chi connectivity index (χ2v) is 8.77. The standard InChI is InChI=1S/C26H28N2O4/c1-14(2)12-28-13-19(11-27-28)25-22(20-8-7-15(3)23(29)26(20)32-25)24(30)18-9-16(4)17(5)21(10-18)31-6/h7-11,13-14,29H,12H2,1-6H3/p+1. The zero-order valence-electron chi connectivity index (χ0n) is 19.4. The number of fused-ring (bicyclic) bond motifs is 1. The molecule has 0 saturated heterocycles. The van der Waals surface area contributed by atoms with Crippen LogP contribution in [0.5, 0.6) is 11.5 Å². The molecular formula is C26H29N2O4+. The number of H-pyrrole nitrogens is 1. The van der Waals surface area contributed by atoms with Crippen LogP contribution in [0.25, 0.3) is 22.3 Å². The molecule has 2 aromatic carbocycles. The first-order valence-corrected chi connectivity index (χ1v) is 10.7. The van der Waals surface area contributed by atoms with Crippen LogP contribution in [-0.4, -0.2) is 23.1 Å². The molecule has 6 heteroatoms. The summed E-state index contributed by atoms with van der Waals surface area (Å²) in [6, 6.07) is 7.26. The number of carbonyl (C=O) groups is 1. The van der Waals surface area contributed by atoms with Crippen molar-refractivity contribution in [3.63, 3.8) is 0 Å². The fourth-order valence-corrected chi connectivity index (χ4v) is 4.01. The molecule has 4 rings (SSSR count). The minimum absolute atomic E-state index is 0.0473. The molecule has 0 bridgehead atoms. The van der Waals surface area contributed by atoms with E-state index >= 15 is 0 Å². The third-order valence-electron chi connectivity index (χ3n) is 5.87. The maximum atomic E-state index is 13.8. The monoisotopic (exact) mass is 433 g/mol. The van der Waals surface area contributed by atoms with Gasteiger partial charge in [-0.05, 0) is 55.7 Å². The van der Waals surface area contributed by atoms with E-state index in [0.717, 1.165) is 23.2 Å². The number of rotatable bonds is 6. The molecule has 0 aliphatic rings. The second kappa shape index (κ2) is 8.19. The van der Waals surface area contributed by atoms with Gasteiger partial charge in [0.15, 0.2) is 29.4 Å². The quantitative estimate of drug-likeness (QED) is 0.322. The Labute approximate surface area is 187 Å². The number of aromatic hydroxyl groups is 1. The van der Waals surface area contributed by atoms with Crippen LogP contribution in [0.2, 0.25) is 0 Å². The van der Waals surface area contributed by atoms with Crippen molar-refractivity contribution in [2.24, 2.45) is 5.92 Å². The van der Waals surface area contributed by atoms with E-state index in [1.807, 2.05) is 43.1 Å². The average Bonchev–Trinajstić information content (AvgIpc) is 3.36. The Morgan fingerprint density at radius 2 is 1.94 bits per heavy atom. The molecule has 0 amide bonds. The topological polar surface area (TPSA) is 79.3 Å². The maximum absolute atomic E-state index is 13.8. The normalized spacial score (nSPS) is 11.5. The number of aryl methyl sites for hydroxylation is 2. The average molecular weight is 434 g/mol. The number of nitrogens with one attached hydrogen (secondary N) is 1. The van der Waals surface area contributed by atoms with Crippen molar-refractivity contribution >= 4 is 16.8 Å². The van der Waals surface area contributed by atoms with Gasteiger partial charge in [-0.2, -0.15) is 5.10 Å². The van der Waals surface area contributed by atoms with Gasteiger partial charge in [0.2, 0.25) is 6.20 Å². The third-order valence-corrected chi connectivity index (χ3v) is 5.87. The van der Waals surface area contributed by atoms with Gasteiger partial charge in [0.05, 0.1) is 18.9 Å². The van der Waals surface area contributed by atoms with Crippen LogP contribution in [0.3, 0.4) is 0 Å². The fourth-order valence-electron chi connectivity index (χ4n) is 4.01. The molecule has 2 N–H and O–H groups in total. The minimum Gasteiger partial charge on any atom is -0.504 e. The second-order valence-electron chi connectivity index (χ2n) is 8.77. The van der Waals surface area contributed by atoms with Crippen LogP contribution in [-0.2, 0) is 6.54 Å². The third kappa shape index (κ3) is 3.66. The predicted molar refractivity (Wildman–Crippen MR) is 123 cm³/mol. The Bertz CT molecular complexity index is 1330. The number of benzene rings is 2. The highest BCUT2D eigenvalue weighted by Gasteiger charge is 2.28. The van der Waals surface area contributed by atoms with Gasteiger partial charge < -0.3 is 14.3 Å². The van der Waals surface area contributed by atoms with Gasteiger partial charge in [-0.15, -0.1) is 4.68 Å². The van der Waals surface area contributed by atoms with E-state index in [9.17, 15) is 9.90 Å². The Hall–Kier alpha value is -3.54. The number of phenols is 1. The van der Waals surface area contributed by atoms with Gasteiger partial charge in [0.1, 0.15) is 11.3 Å². The zero-order valence-corrected chi connectivity index (χ0v) is 19.4. The van der Waals surface area contributed by atoms with Crippen molar-refractivity contribution in [1.82, 2.24) is 5.10 Å². The van der Waals surface area contributed by atoms with Crippen molar-refractivity contribution in [2.45, 2.75) is 41.2 Å². The predicted octanol–water partition coefficient (Wildman–Crippen LogP) is 5.24. The van der Waals surface area contributed by atoms with Crippen LogP contribution in [0.4, 0.5) is 0 Å². The number of carbonyl (C=O) groups excluding carboxylic acids is 1. The summed E-state index contributed by atoms with van der Waals surface area (Å²) in [4.78, 5) is 13.8. The van der Waals surface area contributed by atoms with Gasteiger partial charge in [-0.1, -0.05) is 19.9 Å². The van der Waals surface area contributed by atoms with Crippen LogP contribution in [0.15, 0.2) is 41.1 Å². The first-order valence-electron chi connectivity index (χ1n) is 10.7. The molecule has 0 radical (unpaired) electrons. The number of hydrogen-bond donors (Lipinski definition) is 2. The van der Waals surface area contributed by atoms with Gasteiger partial charge in [0.25, 0.3) is 0 Å². The molecule has 2 aromatic heterocycles. The number of hydrogen-bond acceptors (Lipinski definition) is 4. The molecule has 0 saturated carbocycles. The Morgan fingerprint density at radius 3 is 2.62 bits per heavy atom. The summed E-state index contributed by atoms with van der Waals surface area (Å²) in [5.41, 5.74) is 4.66. The van der Waals surface area contributed by atoms with E-state index in [4.69, 9.17) is 9.15 Å². The number of aromatic nitrogens is 2. The molecule has 6 nitrogen and oxygen atoms in total. The van der Waals surface area contributed by atoms with Crippen molar-refractivity contribution in [2.75, 3.05) is 7.11 Å². The van der Waals surface area contributed by atoms with Crippen molar-refractivity contribution in [3.05, 3.63) is 64.5 Å². The Kier molecular flexibility index (Phi) is 5.55. The molecule has 0 fully saturated rings. The lowest BCUT2D eigenvalue weighted by molar-refractivity contribution is -0.754. The molecule has 0 aliphatic carbocycles. The van der Waals surface area contributed by atoms with E-state index in [1.54, 1.807) is 26.2 Å². The van der Waals surface area contributed by atoms with Crippen molar-refractivity contribution in [3.8, 4) is 22.8 Å². The largest absolute Gasteiger partial charge is 0.504 e. The van der Waals surface area contributed by atoms with E-state index in [1.165, 1.54) is 0 Å². The lowest BCUT2D eigenvalue weighted by Gasteiger charge is -2.10. The van der Waals surface area contributed by atoms with Gasteiger partial charge in [-0.25, -0.2) is 0 Å². The Morgan fingerprint density at radius 1 is 1.19 bits per heavy atom. The summed E-state index contributed by atoms with van der Waals surface area (Å²) < 4.78 is 13.6. The van der Waals surface area contributed by atoms with Crippen LogP contribution >= 0.6 is 0 Å². The summed E-state index contributed by atoms with van der Waals surface area (Å²) in [5.74, 6) is 1.42. The molecule has 0 spiro atoms. The van der Waals surface area contributed by atoms with Crippen molar-refractivity contribution < 1.29 is 23.7 Å². The minimum atomic E-state index is -0.181. The lowest BCUT2D eigenvalue weighted by atomic mass is 9.95. The van der Waals surface area contributed by atoms with E-state index in [2.05, 4.69) is 18.9 Å². The molecule has 166 valence electrons. The van der Waals surface area contributed by atoms with Gasteiger partial charge in [-0.3, -0.25) is 4.79 Å². The summed E-state index contributed by atoms with van der Waals surface area (Å²) in [6.45, 7) is 10.8. The summed E-state index contributed by atoms with van der Waals surface area (Å²) in [6.07, 6.45) is 3.75. The molecule has 0 unspecified atom stereocenters. The van der Waals surface area contributed by atoms with Crippen LogP contribution in [0.1, 0.15) is 46.5 Å². The highest BCUT2D eigenvalue weighted by Crippen LogP contribution is 2.40. The molecule has 32 heavy (non-hydrogen) atoms. The first kappa shape index (κ1) is 21.7. The van der Waals surface area contributed by atoms with Gasteiger partial charge in [0, 0.05) is 16.9 Å². The van der Waals surface area contributed by atoms with E-state index in [-0.39, 0.29) is 11.5 Å². The summed E-state index contributed by atoms with van der Waals surface area (Å²) >= 11 is 0. The molecule has 0 atom stereocenters. The Balaban J connectivity index is 1.94. The number of furan rings is 1. The lowest BCUT2D eigenvalue weighted by Crippen LogP contribution is -2.37. The fraction of sp³-hybridized carbons (Fsp3) is 0.308. The number of methoxy groups -OCH3 is 1. The molecule has 2 heterocycles. The van der Waals surface area contributed by atoms with Crippen LogP contribution < -0.4 is 9.42 Å². The number of ether oxygens (including phenoxy) is 1.